The number of carbonyl (C=O) groups excluding carboxylic acids is 1. The minimum atomic E-state index is -0.476. The Balaban J connectivity index is 1.51. The van der Waals surface area contributed by atoms with Crippen LogP contribution in [-0.4, -0.2) is 31.3 Å². The summed E-state index contributed by atoms with van der Waals surface area (Å²) in [5.74, 6) is 0.921. The van der Waals surface area contributed by atoms with Crippen LogP contribution in [0.25, 0.3) is 10.6 Å². The van der Waals surface area contributed by atoms with E-state index in [1.807, 2.05) is 24.3 Å². The second kappa shape index (κ2) is 8.69. The molecular weight excluding hydrogens is 374 g/mol. The van der Waals surface area contributed by atoms with Gasteiger partial charge < -0.3 is 14.2 Å². The van der Waals surface area contributed by atoms with Crippen molar-refractivity contribution < 1.29 is 19.0 Å². The first-order chi connectivity index (χ1) is 12.7. The van der Waals surface area contributed by atoms with Gasteiger partial charge in [0.05, 0.1) is 7.11 Å². The van der Waals surface area contributed by atoms with E-state index in [9.17, 15) is 4.79 Å². The largest absolute Gasteiger partial charge is 0.497 e. The average Bonchev–Trinajstić information content (AvgIpc) is 3.15. The number of carbonyl (C=O) groups is 1. The van der Waals surface area contributed by atoms with Gasteiger partial charge in [-0.25, -0.2) is 9.78 Å². The zero-order chi connectivity index (χ0) is 18.4. The Labute approximate surface area is 160 Å². The van der Waals surface area contributed by atoms with Crippen molar-refractivity contribution in [3.63, 3.8) is 0 Å². The summed E-state index contributed by atoms with van der Waals surface area (Å²) in [6, 6.07) is 14.5. The quantitative estimate of drug-likeness (QED) is 0.432. The van der Waals surface area contributed by atoms with Gasteiger partial charge >= 0.3 is 5.97 Å². The topological polar surface area (TPSA) is 57.7 Å². The predicted molar refractivity (Wildman–Crippen MR) is 101 cm³/mol. The maximum Gasteiger partial charge on any atom is 0.357 e. The number of hydrogen-bond acceptors (Lipinski definition) is 6. The van der Waals surface area contributed by atoms with Crippen molar-refractivity contribution >= 4 is 28.9 Å². The average molecular weight is 390 g/mol. The summed E-state index contributed by atoms with van der Waals surface area (Å²) in [6.07, 6.45) is 0. The lowest BCUT2D eigenvalue weighted by Gasteiger charge is -2.06. The van der Waals surface area contributed by atoms with Gasteiger partial charge in [-0.3, -0.25) is 0 Å². The first kappa shape index (κ1) is 18.2. The second-order valence-electron chi connectivity index (χ2n) is 5.21. The smallest absolute Gasteiger partial charge is 0.357 e. The van der Waals surface area contributed by atoms with Gasteiger partial charge in [0, 0.05) is 16.0 Å². The molecular formula is C19H16ClNO4S. The molecule has 0 saturated carbocycles. The van der Waals surface area contributed by atoms with Crippen LogP contribution in [-0.2, 0) is 4.74 Å². The number of halogens is 1. The normalized spacial score (nSPS) is 10.4. The molecule has 0 atom stereocenters. The minimum absolute atomic E-state index is 0.126. The molecule has 134 valence electrons. The van der Waals surface area contributed by atoms with Crippen LogP contribution in [0.1, 0.15) is 10.5 Å². The highest BCUT2D eigenvalue weighted by Crippen LogP contribution is 2.26. The number of thiazole rings is 1. The summed E-state index contributed by atoms with van der Waals surface area (Å²) >= 11 is 7.26. The minimum Gasteiger partial charge on any atom is -0.497 e. The first-order valence-electron chi connectivity index (χ1n) is 7.81. The SMILES string of the molecule is COc1ccc(-c2nc(C(=O)OCCOc3cccc(Cl)c3)cs2)cc1. The summed E-state index contributed by atoms with van der Waals surface area (Å²) in [7, 11) is 1.61. The lowest BCUT2D eigenvalue weighted by Crippen LogP contribution is -2.12. The Morgan fingerprint density at radius 3 is 2.65 bits per heavy atom. The van der Waals surface area contributed by atoms with E-state index in [1.165, 1.54) is 11.3 Å². The second-order valence-corrected chi connectivity index (χ2v) is 6.50. The Kier molecular flexibility index (Phi) is 6.09. The van der Waals surface area contributed by atoms with E-state index in [4.69, 9.17) is 25.8 Å². The van der Waals surface area contributed by atoms with E-state index in [0.717, 1.165) is 16.3 Å². The molecule has 1 heterocycles. The Morgan fingerprint density at radius 1 is 1.12 bits per heavy atom. The molecule has 26 heavy (non-hydrogen) atoms. The molecule has 0 spiro atoms. The fourth-order valence-corrected chi connectivity index (χ4v) is 3.13. The van der Waals surface area contributed by atoms with Crippen LogP contribution in [0.2, 0.25) is 5.02 Å². The molecule has 2 aromatic carbocycles. The Morgan fingerprint density at radius 2 is 1.92 bits per heavy atom. The van der Waals surface area contributed by atoms with Crippen molar-refractivity contribution in [1.29, 1.82) is 0 Å². The molecule has 0 unspecified atom stereocenters. The molecule has 0 saturated heterocycles. The molecule has 1 aromatic heterocycles. The van der Waals surface area contributed by atoms with Gasteiger partial charge in [-0.1, -0.05) is 17.7 Å². The van der Waals surface area contributed by atoms with E-state index in [1.54, 1.807) is 36.8 Å². The summed E-state index contributed by atoms with van der Waals surface area (Å²) < 4.78 is 15.8. The number of esters is 1. The standard InChI is InChI=1S/C19H16ClNO4S/c1-23-15-7-5-13(6-8-15)18-21-17(12-26-18)19(22)25-10-9-24-16-4-2-3-14(20)11-16/h2-8,11-12H,9-10H2,1H3. The number of hydrogen-bond donors (Lipinski definition) is 0. The number of benzene rings is 2. The van der Waals surface area contributed by atoms with Crippen LogP contribution in [0.15, 0.2) is 53.9 Å². The Hall–Kier alpha value is -2.57. The molecule has 7 heteroatoms. The zero-order valence-corrected chi connectivity index (χ0v) is 15.5. The van der Waals surface area contributed by atoms with Crippen molar-refractivity contribution in [2.75, 3.05) is 20.3 Å². The zero-order valence-electron chi connectivity index (χ0n) is 14.0. The molecule has 0 N–H and O–H groups in total. The maximum absolute atomic E-state index is 12.1. The first-order valence-corrected chi connectivity index (χ1v) is 9.07. The van der Waals surface area contributed by atoms with Crippen molar-refractivity contribution in [2.45, 2.75) is 0 Å². The van der Waals surface area contributed by atoms with Crippen molar-refractivity contribution in [3.05, 3.63) is 64.6 Å². The monoisotopic (exact) mass is 389 g/mol. The van der Waals surface area contributed by atoms with Crippen molar-refractivity contribution in [2.24, 2.45) is 0 Å². The molecule has 0 amide bonds. The molecule has 0 fully saturated rings. The third-order valence-electron chi connectivity index (χ3n) is 3.43. The van der Waals surface area contributed by atoms with E-state index in [-0.39, 0.29) is 18.9 Å². The fourth-order valence-electron chi connectivity index (χ4n) is 2.16. The maximum atomic E-state index is 12.1. The lowest BCUT2D eigenvalue weighted by atomic mass is 10.2. The highest BCUT2D eigenvalue weighted by Gasteiger charge is 2.13. The van der Waals surface area contributed by atoms with E-state index in [0.29, 0.717) is 10.8 Å². The number of nitrogens with zero attached hydrogens (tertiary/aromatic N) is 1. The van der Waals surface area contributed by atoms with Crippen molar-refractivity contribution in [1.82, 2.24) is 4.98 Å². The fraction of sp³-hybridized carbons (Fsp3) is 0.158. The molecule has 0 aliphatic carbocycles. The third-order valence-corrected chi connectivity index (χ3v) is 4.56. The summed E-state index contributed by atoms with van der Waals surface area (Å²) in [6.45, 7) is 0.363. The van der Waals surface area contributed by atoms with Crippen molar-refractivity contribution in [3.8, 4) is 22.1 Å². The molecule has 0 aliphatic heterocycles. The molecule has 5 nitrogen and oxygen atoms in total. The van der Waals surface area contributed by atoms with Crippen LogP contribution in [0.5, 0.6) is 11.5 Å². The molecule has 3 rings (SSSR count). The van der Waals surface area contributed by atoms with E-state index in [2.05, 4.69) is 4.98 Å². The number of ether oxygens (including phenoxy) is 3. The van der Waals surface area contributed by atoms with Crippen LogP contribution in [0.4, 0.5) is 0 Å². The van der Waals surface area contributed by atoms with Crippen LogP contribution in [0, 0.1) is 0 Å². The van der Waals surface area contributed by atoms with Gasteiger partial charge in [0.15, 0.2) is 5.69 Å². The molecule has 0 radical (unpaired) electrons. The molecule has 3 aromatic rings. The predicted octanol–water partition coefficient (Wildman–Crippen LogP) is 4.71. The van der Waals surface area contributed by atoms with Gasteiger partial charge in [-0.05, 0) is 42.5 Å². The number of methoxy groups -OCH3 is 1. The van der Waals surface area contributed by atoms with Gasteiger partial charge in [0.25, 0.3) is 0 Å². The summed E-state index contributed by atoms with van der Waals surface area (Å²) in [5.41, 5.74) is 1.20. The highest BCUT2D eigenvalue weighted by molar-refractivity contribution is 7.13. The molecule has 0 bridgehead atoms. The Bertz CT molecular complexity index is 879. The highest BCUT2D eigenvalue weighted by atomic mass is 35.5. The third kappa shape index (κ3) is 4.74. The van der Waals surface area contributed by atoms with Gasteiger partial charge in [-0.15, -0.1) is 11.3 Å². The number of aromatic nitrogens is 1. The van der Waals surface area contributed by atoms with Crippen LogP contribution >= 0.6 is 22.9 Å². The van der Waals surface area contributed by atoms with Gasteiger partial charge in [0.1, 0.15) is 29.7 Å². The van der Waals surface area contributed by atoms with Crippen LogP contribution in [0.3, 0.4) is 0 Å². The summed E-state index contributed by atoms with van der Waals surface area (Å²) in [5, 5.41) is 3.02. The van der Waals surface area contributed by atoms with Crippen LogP contribution < -0.4 is 9.47 Å². The summed E-state index contributed by atoms with van der Waals surface area (Å²) in [4.78, 5) is 16.4. The molecule has 0 aliphatic rings. The van der Waals surface area contributed by atoms with Gasteiger partial charge in [-0.2, -0.15) is 0 Å². The van der Waals surface area contributed by atoms with E-state index < -0.39 is 5.97 Å². The van der Waals surface area contributed by atoms with Gasteiger partial charge in [0.2, 0.25) is 0 Å². The lowest BCUT2D eigenvalue weighted by molar-refractivity contribution is 0.0444. The van der Waals surface area contributed by atoms with E-state index >= 15 is 0 Å². The number of rotatable bonds is 7.